The maximum absolute atomic E-state index is 14.7. The number of amides is 2. The molecule has 2 heterocycles. The summed E-state index contributed by atoms with van der Waals surface area (Å²) in [6.45, 7) is 0. The maximum atomic E-state index is 14.7. The zero-order chi connectivity index (χ0) is 26.9. The highest BCUT2D eigenvalue weighted by molar-refractivity contribution is 5.97. The van der Waals surface area contributed by atoms with Gasteiger partial charge in [0.05, 0.1) is 17.2 Å². The summed E-state index contributed by atoms with van der Waals surface area (Å²) >= 11 is 0. The number of aromatic nitrogens is 1. The van der Waals surface area contributed by atoms with Gasteiger partial charge in [-0.25, -0.2) is 8.78 Å². The first-order valence-corrected chi connectivity index (χ1v) is 11.5. The average molecular weight is 533 g/mol. The van der Waals surface area contributed by atoms with Crippen molar-refractivity contribution < 1.29 is 44.7 Å². The van der Waals surface area contributed by atoms with Crippen LogP contribution in [0.4, 0.5) is 35.1 Å². The van der Waals surface area contributed by atoms with Crippen molar-refractivity contribution in [1.82, 2.24) is 15.2 Å². The Morgan fingerprint density at radius 3 is 2.30 bits per heavy atom. The lowest BCUT2D eigenvalue weighted by molar-refractivity contribution is -0.140. The Bertz CT molecular complexity index is 1260. The normalized spacial score (nSPS) is 24.0. The third-order valence-corrected chi connectivity index (χ3v) is 7.07. The van der Waals surface area contributed by atoms with Crippen molar-refractivity contribution in [2.75, 3.05) is 0 Å². The fourth-order valence-electron chi connectivity index (χ4n) is 4.99. The van der Waals surface area contributed by atoms with Crippen LogP contribution in [0.1, 0.15) is 58.9 Å². The van der Waals surface area contributed by atoms with Crippen molar-refractivity contribution in [2.24, 2.45) is 11.8 Å². The topological polar surface area (TPSA) is 62.3 Å². The van der Waals surface area contributed by atoms with E-state index in [9.17, 15) is 44.7 Å². The van der Waals surface area contributed by atoms with E-state index in [2.05, 4.69) is 10.3 Å². The molecule has 1 saturated heterocycles. The Balaban J connectivity index is 1.39. The van der Waals surface area contributed by atoms with Gasteiger partial charge < -0.3 is 10.2 Å². The summed E-state index contributed by atoms with van der Waals surface area (Å²) in [6, 6.07) is -0.835. The van der Waals surface area contributed by atoms with Gasteiger partial charge in [0.15, 0.2) is 0 Å². The Kier molecular flexibility index (Phi) is 5.94. The van der Waals surface area contributed by atoms with Crippen molar-refractivity contribution in [3.05, 3.63) is 64.5 Å². The number of rotatable bonds is 5. The summed E-state index contributed by atoms with van der Waals surface area (Å²) in [5, 5.41) is 2.56. The SMILES string of the molecule is O=C(NC(c1cc(F)c(C(F)(F)F)cc1F)C1CC1)[C@H]1C[C@H]2C[C@H]2N1C(=O)c1cc(C(F)(F)F)ccn1. The molecule has 1 aromatic carbocycles. The Labute approximate surface area is 204 Å². The Morgan fingerprint density at radius 2 is 1.68 bits per heavy atom. The van der Waals surface area contributed by atoms with Crippen LogP contribution in [0.25, 0.3) is 0 Å². The number of pyridine rings is 1. The Morgan fingerprint density at radius 1 is 0.973 bits per heavy atom. The van der Waals surface area contributed by atoms with Crippen LogP contribution in [-0.2, 0) is 17.1 Å². The number of piperidine rings is 1. The molecular formula is C24H19F8N3O2. The largest absolute Gasteiger partial charge is 0.419 e. The van der Waals surface area contributed by atoms with Crippen molar-refractivity contribution in [1.29, 1.82) is 0 Å². The van der Waals surface area contributed by atoms with Gasteiger partial charge in [-0.15, -0.1) is 0 Å². The predicted molar refractivity (Wildman–Crippen MR) is 111 cm³/mol. The minimum Gasteiger partial charge on any atom is -0.347 e. The van der Waals surface area contributed by atoms with E-state index in [-0.39, 0.29) is 30.4 Å². The molecule has 0 spiro atoms. The quantitative estimate of drug-likeness (QED) is 0.533. The van der Waals surface area contributed by atoms with Crippen molar-refractivity contribution in [3.8, 4) is 0 Å². The number of hydrogen-bond acceptors (Lipinski definition) is 3. The van der Waals surface area contributed by atoms with Gasteiger partial charge in [-0.05, 0) is 61.8 Å². The summed E-state index contributed by atoms with van der Waals surface area (Å²) < 4.78 is 107. The van der Waals surface area contributed by atoms with Crippen molar-refractivity contribution >= 4 is 11.8 Å². The first-order valence-electron chi connectivity index (χ1n) is 11.5. The van der Waals surface area contributed by atoms with E-state index in [1.807, 2.05) is 0 Å². The van der Waals surface area contributed by atoms with E-state index < -0.39 is 70.3 Å². The average Bonchev–Trinajstić information content (AvgIpc) is 3.75. The van der Waals surface area contributed by atoms with E-state index in [0.717, 1.165) is 11.1 Å². The molecule has 0 bridgehead atoms. The summed E-state index contributed by atoms with van der Waals surface area (Å²) in [7, 11) is 0. The summed E-state index contributed by atoms with van der Waals surface area (Å²) in [6.07, 6.45) is -7.18. The molecule has 2 aliphatic carbocycles. The van der Waals surface area contributed by atoms with E-state index in [1.165, 1.54) is 0 Å². The van der Waals surface area contributed by atoms with E-state index >= 15 is 0 Å². The molecule has 198 valence electrons. The van der Waals surface area contributed by atoms with E-state index in [1.54, 1.807) is 0 Å². The minimum atomic E-state index is -5.11. The number of fused-ring (bicyclic) bond motifs is 1. The lowest BCUT2D eigenvalue weighted by Crippen LogP contribution is -2.49. The highest BCUT2D eigenvalue weighted by Crippen LogP contribution is 2.49. The van der Waals surface area contributed by atoms with E-state index in [4.69, 9.17) is 0 Å². The number of halogens is 8. The fraction of sp³-hybridized carbons (Fsp3) is 0.458. The van der Waals surface area contributed by atoms with Gasteiger partial charge in [0.25, 0.3) is 5.91 Å². The van der Waals surface area contributed by atoms with Gasteiger partial charge in [-0.1, -0.05) is 0 Å². The highest BCUT2D eigenvalue weighted by atomic mass is 19.4. The summed E-state index contributed by atoms with van der Waals surface area (Å²) in [4.78, 5) is 31.2. The van der Waals surface area contributed by atoms with Gasteiger partial charge in [0, 0.05) is 17.8 Å². The third-order valence-electron chi connectivity index (χ3n) is 7.07. The van der Waals surface area contributed by atoms with Crippen molar-refractivity contribution in [3.63, 3.8) is 0 Å². The molecule has 2 saturated carbocycles. The number of likely N-dealkylation sites (tertiary alicyclic amines) is 1. The molecule has 4 atom stereocenters. The second-order valence-electron chi connectivity index (χ2n) is 9.63. The lowest BCUT2D eigenvalue weighted by Gasteiger charge is -2.29. The van der Waals surface area contributed by atoms with Crippen LogP contribution in [0.15, 0.2) is 30.5 Å². The molecule has 1 aliphatic heterocycles. The van der Waals surface area contributed by atoms with Crippen LogP contribution < -0.4 is 5.32 Å². The minimum absolute atomic E-state index is 0.0477. The fourth-order valence-corrected chi connectivity index (χ4v) is 4.99. The van der Waals surface area contributed by atoms with Crippen LogP contribution in [0.3, 0.4) is 0 Å². The zero-order valence-electron chi connectivity index (χ0n) is 18.8. The molecule has 1 unspecified atom stereocenters. The molecule has 3 fully saturated rings. The number of nitrogens with zero attached hydrogens (tertiary/aromatic N) is 2. The molecule has 13 heteroatoms. The van der Waals surface area contributed by atoms with Crippen molar-refractivity contribution in [2.45, 2.75) is 56.2 Å². The first-order chi connectivity index (χ1) is 17.3. The second kappa shape index (κ2) is 8.66. The van der Waals surface area contributed by atoms with Gasteiger partial charge in [0.2, 0.25) is 5.91 Å². The van der Waals surface area contributed by atoms with E-state index in [0.29, 0.717) is 37.5 Å². The number of carbonyl (C=O) groups is 2. The van der Waals surface area contributed by atoms with Gasteiger partial charge in [0.1, 0.15) is 23.4 Å². The molecule has 2 aromatic rings. The molecule has 0 radical (unpaired) electrons. The molecule has 2 amide bonds. The zero-order valence-corrected chi connectivity index (χ0v) is 18.8. The van der Waals surface area contributed by atoms with Gasteiger partial charge in [-0.3, -0.25) is 14.6 Å². The smallest absolute Gasteiger partial charge is 0.347 e. The number of alkyl halides is 6. The molecule has 5 rings (SSSR count). The van der Waals surface area contributed by atoms with Crippen LogP contribution >= 0.6 is 0 Å². The standard InChI is InChI=1S/C24H19F8N3O2/c25-15-9-14(24(30,31)32)16(26)8-13(15)20(10-1-2-10)34-21(36)19-6-11-5-18(11)35(19)22(37)17-7-12(3-4-33-17)23(27,28)29/h3-4,7-11,18-20H,1-2,5-6H2,(H,34,36)/t11-,18-,19-,20?/m1/s1. The number of carbonyl (C=O) groups excluding carboxylic acids is 2. The summed E-state index contributed by atoms with van der Waals surface area (Å²) in [5.74, 6) is -5.03. The lowest BCUT2D eigenvalue weighted by atomic mass is 9.98. The number of hydrogen-bond donors (Lipinski definition) is 1. The summed E-state index contributed by atoms with van der Waals surface area (Å²) in [5.41, 5.74) is -3.78. The molecule has 5 nitrogen and oxygen atoms in total. The monoisotopic (exact) mass is 533 g/mol. The number of nitrogens with one attached hydrogen (secondary N) is 1. The third kappa shape index (κ3) is 4.87. The Hall–Kier alpha value is -3.25. The first kappa shape index (κ1) is 25.4. The van der Waals surface area contributed by atoms with Gasteiger partial charge >= 0.3 is 12.4 Å². The second-order valence-corrected chi connectivity index (χ2v) is 9.63. The maximum Gasteiger partial charge on any atom is 0.419 e. The van der Waals surface area contributed by atoms with Gasteiger partial charge in [-0.2, -0.15) is 26.3 Å². The number of benzene rings is 1. The molecule has 1 N–H and O–H groups in total. The predicted octanol–water partition coefficient (Wildman–Crippen LogP) is 5.27. The van der Waals surface area contributed by atoms with Crippen LogP contribution in [-0.4, -0.2) is 33.8 Å². The van der Waals surface area contributed by atoms with Crippen LogP contribution in [0.2, 0.25) is 0 Å². The van der Waals surface area contributed by atoms with Crippen LogP contribution in [0.5, 0.6) is 0 Å². The molecular weight excluding hydrogens is 514 g/mol. The highest BCUT2D eigenvalue weighted by Gasteiger charge is 2.57. The molecule has 37 heavy (non-hydrogen) atoms. The molecule has 1 aromatic heterocycles. The van der Waals surface area contributed by atoms with Crippen LogP contribution in [0, 0.1) is 23.5 Å². The molecule has 3 aliphatic rings.